The molecule has 1 aliphatic carbocycles. The van der Waals surface area contributed by atoms with Crippen LogP contribution in [0.1, 0.15) is 39.5 Å². The van der Waals surface area contributed by atoms with Gasteiger partial charge >= 0.3 is 0 Å². The Balaban J connectivity index is 1.89. The molecule has 2 fully saturated rings. The number of nitrogens with two attached hydrogens (primary N) is 1. The van der Waals surface area contributed by atoms with Crippen LogP contribution in [-0.4, -0.2) is 29.6 Å². The summed E-state index contributed by atoms with van der Waals surface area (Å²) >= 11 is 0. The second-order valence-corrected chi connectivity index (χ2v) is 5.27. The van der Waals surface area contributed by atoms with Crippen molar-refractivity contribution in [3.63, 3.8) is 0 Å². The zero-order chi connectivity index (χ0) is 9.47. The topological polar surface area (TPSA) is 29.3 Å². The highest BCUT2D eigenvalue weighted by Gasteiger charge is 2.39. The van der Waals surface area contributed by atoms with Gasteiger partial charge in [-0.1, -0.05) is 6.92 Å². The van der Waals surface area contributed by atoms with E-state index in [0.717, 1.165) is 24.9 Å². The molecule has 0 spiro atoms. The van der Waals surface area contributed by atoms with Gasteiger partial charge in [0.2, 0.25) is 0 Å². The molecule has 0 amide bonds. The first-order valence-electron chi connectivity index (χ1n) is 5.63. The van der Waals surface area contributed by atoms with Crippen LogP contribution in [-0.2, 0) is 0 Å². The Labute approximate surface area is 81.5 Å². The Bertz CT molecular complexity index is 189. The quantitative estimate of drug-likeness (QED) is 0.718. The molecule has 13 heavy (non-hydrogen) atoms. The Morgan fingerprint density at radius 1 is 1.46 bits per heavy atom. The Hall–Kier alpha value is -0.0800. The highest BCUT2D eigenvalue weighted by Crippen LogP contribution is 2.37. The first-order valence-corrected chi connectivity index (χ1v) is 5.63. The van der Waals surface area contributed by atoms with E-state index in [0.29, 0.717) is 0 Å². The predicted molar refractivity (Wildman–Crippen MR) is 55.6 cm³/mol. The van der Waals surface area contributed by atoms with Gasteiger partial charge < -0.3 is 5.73 Å². The number of hydrogen-bond donors (Lipinski definition) is 1. The number of fused-ring (bicyclic) bond motifs is 2. The molecule has 0 aromatic rings. The summed E-state index contributed by atoms with van der Waals surface area (Å²) in [7, 11) is 0. The molecule has 1 saturated heterocycles. The number of nitrogens with zero attached hydrogens (tertiary/aromatic N) is 1. The summed E-state index contributed by atoms with van der Waals surface area (Å²) in [6, 6.07) is 0.874. The van der Waals surface area contributed by atoms with Gasteiger partial charge in [0.05, 0.1) is 0 Å². The van der Waals surface area contributed by atoms with Crippen LogP contribution in [0, 0.1) is 5.92 Å². The summed E-state index contributed by atoms with van der Waals surface area (Å²) in [5.41, 5.74) is 6.22. The van der Waals surface area contributed by atoms with Crippen molar-refractivity contribution < 1.29 is 0 Å². The van der Waals surface area contributed by atoms with E-state index in [4.69, 9.17) is 5.73 Å². The highest BCUT2D eigenvalue weighted by molar-refractivity contribution is 4.95. The molecular weight excluding hydrogens is 160 g/mol. The molecule has 1 aliphatic heterocycles. The SMILES string of the molecule is CCC(C)(N)CN1CC2CCC1C2. The lowest BCUT2D eigenvalue weighted by molar-refractivity contribution is 0.169. The van der Waals surface area contributed by atoms with E-state index < -0.39 is 0 Å². The minimum absolute atomic E-state index is 0.0322. The third kappa shape index (κ3) is 1.89. The van der Waals surface area contributed by atoms with Gasteiger partial charge in [0.15, 0.2) is 0 Å². The lowest BCUT2D eigenvalue weighted by Gasteiger charge is -2.34. The summed E-state index contributed by atoms with van der Waals surface area (Å²) < 4.78 is 0. The maximum Gasteiger partial charge on any atom is 0.0252 e. The van der Waals surface area contributed by atoms with Crippen molar-refractivity contribution in [2.45, 2.75) is 51.1 Å². The van der Waals surface area contributed by atoms with E-state index in [1.54, 1.807) is 0 Å². The molecule has 0 aromatic carbocycles. The van der Waals surface area contributed by atoms with Gasteiger partial charge in [-0.2, -0.15) is 0 Å². The first-order chi connectivity index (χ1) is 6.11. The molecule has 2 aliphatic rings. The van der Waals surface area contributed by atoms with Crippen molar-refractivity contribution in [3.05, 3.63) is 0 Å². The first kappa shape index (κ1) is 9.47. The smallest absolute Gasteiger partial charge is 0.0252 e. The van der Waals surface area contributed by atoms with Crippen LogP contribution in [0.2, 0.25) is 0 Å². The molecular formula is C11H22N2. The van der Waals surface area contributed by atoms with Crippen molar-refractivity contribution >= 4 is 0 Å². The van der Waals surface area contributed by atoms with Crippen LogP contribution in [0.25, 0.3) is 0 Å². The molecule has 0 radical (unpaired) electrons. The lowest BCUT2D eigenvalue weighted by Crippen LogP contribution is -2.49. The standard InChI is InChI=1S/C11H22N2/c1-3-11(2,12)8-13-7-9-4-5-10(13)6-9/h9-10H,3-8,12H2,1-2H3. The van der Waals surface area contributed by atoms with Crippen LogP contribution in [0.5, 0.6) is 0 Å². The summed E-state index contributed by atoms with van der Waals surface area (Å²) in [6.07, 6.45) is 5.42. The van der Waals surface area contributed by atoms with Crippen molar-refractivity contribution in [1.29, 1.82) is 0 Å². The van der Waals surface area contributed by atoms with E-state index in [9.17, 15) is 0 Å². The summed E-state index contributed by atoms with van der Waals surface area (Å²) in [5.74, 6) is 0.998. The van der Waals surface area contributed by atoms with E-state index in [2.05, 4.69) is 18.7 Å². The zero-order valence-corrected chi connectivity index (χ0v) is 8.92. The maximum absolute atomic E-state index is 6.19. The average molecular weight is 182 g/mol. The Morgan fingerprint density at radius 3 is 2.69 bits per heavy atom. The third-order valence-corrected chi connectivity index (χ3v) is 3.89. The highest BCUT2D eigenvalue weighted by atomic mass is 15.2. The van der Waals surface area contributed by atoms with Crippen molar-refractivity contribution in [2.75, 3.05) is 13.1 Å². The fourth-order valence-electron chi connectivity index (χ4n) is 2.80. The molecule has 2 heteroatoms. The summed E-state index contributed by atoms with van der Waals surface area (Å²) in [4.78, 5) is 2.62. The number of likely N-dealkylation sites (tertiary alicyclic amines) is 1. The normalized spacial score (nSPS) is 38.1. The maximum atomic E-state index is 6.19. The van der Waals surface area contributed by atoms with Crippen LogP contribution in [0.3, 0.4) is 0 Å². The molecule has 2 rings (SSSR count). The monoisotopic (exact) mass is 182 g/mol. The van der Waals surface area contributed by atoms with Gasteiger partial charge in [-0.05, 0) is 38.5 Å². The molecule has 3 atom stereocenters. The molecule has 1 saturated carbocycles. The fourth-order valence-corrected chi connectivity index (χ4v) is 2.80. The van der Waals surface area contributed by atoms with Gasteiger partial charge in [0.25, 0.3) is 0 Å². The Kier molecular flexibility index (Phi) is 2.37. The third-order valence-electron chi connectivity index (χ3n) is 3.89. The van der Waals surface area contributed by atoms with Crippen molar-refractivity contribution in [3.8, 4) is 0 Å². The van der Waals surface area contributed by atoms with Crippen LogP contribution in [0.15, 0.2) is 0 Å². The van der Waals surface area contributed by atoms with E-state index in [1.165, 1.54) is 25.8 Å². The van der Waals surface area contributed by atoms with Gasteiger partial charge in [-0.3, -0.25) is 4.90 Å². The van der Waals surface area contributed by atoms with Crippen molar-refractivity contribution in [2.24, 2.45) is 11.7 Å². The minimum Gasteiger partial charge on any atom is -0.324 e. The van der Waals surface area contributed by atoms with E-state index in [1.807, 2.05) is 0 Å². The predicted octanol–water partition coefficient (Wildman–Crippen LogP) is 1.60. The van der Waals surface area contributed by atoms with Crippen LogP contribution in [0.4, 0.5) is 0 Å². The van der Waals surface area contributed by atoms with Crippen LogP contribution >= 0.6 is 0 Å². The van der Waals surface area contributed by atoms with Gasteiger partial charge in [0.1, 0.15) is 0 Å². The molecule has 2 N–H and O–H groups in total. The number of piperidine rings is 1. The number of hydrogen-bond acceptors (Lipinski definition) is 2. The van der Waals surface area contributed by atoms with E-state index in [-0.39, 0.29) is 5.54 Å². The fraction of sp³-hybridized carbons (Fsp3) is 1.00. The minimum atomic E-state index is 0.0322. The second-order valence-electron chi connectivity index (χ2n) is 5.27. The van der Waals surface area contributed by atoms with E-state index >= 15 is 0 Å². The Morgan fingerprint density at radius 2 is 2.23 bits per heavy atom. The summed E-state index contributed by atoms with van der Waals surface area (Å²) in [5, 5.41) is 0. The van der Waals surface area contributed by atoms with Crippen LogP contribution < -0.4 is 5.73 Å². The second kappa shape index (κ2) is 3.25. The largest absolute Gasteiger partial charge is 0.324 e. The van der Waals surface area contributed by atoms with Crippen molar-refractivity contribution in [1.82, 2.24) is 4.90 Å². The number of rotatable bonds is 3. The molecule has 2 bridgehead atoms. The molecule has 0 aromatic heterocycles. The lowest BCUT2D eigenvalue weighted by atomic mass is 9.98. The van der Waals surface area contributed by atoms with Gasteiger partial charge in [0, 0.05) is 24.7 Å². The molecule has 2 nitrogen and oxygen atoms in total. The summed E-state index contributed by atoms with van der Waals surface area (Å²) in [6.45, 7) is 6.79. The molecule has 3 unspecified atom stereocenters. The van der Waals surface area contributed by atoms with Gasteiger partial charge in [-0.15, -0.1) is 0 Å². The zero-order valence-electron chi connectivity index (χ0n) is 8.92. The van der Waals surface area contributed by atoms with Gasteiger partial charge in [-0.25, -0.2) is 0 Å². The average Bonchev–Trinajstić information content (AvgIpc) is 2.64. The molecule has 1 heterocycles. The molecule has 76 valence electrons.